The van der Waals surface area contributed by atoms with Crippen molar-refractivity contribution in [2.45, 2.75) is 13.0 Å². The highest BCUT2D eigenvalue weighted by atomic mass is 79.9. The Hall–Kier alpha value is -3.88. The number of hydrogen-bond acceptors (Lipinski definition) is 5. The maximum absolute atomic E-state index is 13.2. The van der Waals surface area contributed by atoms with Crippen LogP contribution in [0.25, 0.3) is 6.08 Å². The zero-order valence-corrected chi connectivity index (χ0v) is 22.1. The second-order valence-corrected chi connectivity index (χ2v) is 9.41. The number of nitrogens with zero attached hydrogens (tertiary/aromatic N) is 1. The van der Waals surface area contributed by atoms with Crippen LogP contribution in [-0.4, -0.2) is 25.0 Å². The lowest BCUT2D eigenvalue weighted by atomic mass is 10.0. The van der Waals surface area contributed by atoms with Gasteiger partial charge in [0.1, 0.15) is 12.2 Å². The van der Waals surface area contributed by atoms with Gasteiger partial charge >= 0.3 is 6.03 Å². The Labute approximate surface area is 227 Å². The molecule has 1 aliphatic heterocycles. The van der Waals surface area contributed by atoms with Crippen molar-refractivity contribution in [2.75, 3.05) is 12.0 Å². The lowest BCUT2D eigenvalue weighted by Gasteiger charge is -2.26. The van der Waals surface area contributed by atoms with E-state index in [0.29, 0.717) is 34.2 Å². The van der Waals surface area contributed by atoms with Gasteiger partial charge in [-0.25, -0.2) is 9.69 Å². The molecule has 0 saturated carbocycles. The molecule has 1 saturated heterocycles. The van der Waals surface area contributed by atoms with E-state index in [1.54, 1.807) is 48.5 Å². The molecule has 4 amide bonds. The number of hydrogen-bond donors (Lipinski definition) is 1. The van der Waals surface area contributed by atoms with Crippen molar-refractivity contribution in [3.63, 3.8) is 0 Å². The van der Waals surface area contributed by atoms with Crippen LogP contribution in [0.5, 0.6) is 11.5 Å². The standard InChI is InChI=1S/C28H22BrClN2O5/c1-3-5-19-12-18(15-24(36-2)25(19)37-16-17-6-4-7-21(30)13-17)14-23-26(33)31-28(35)32(27(23)34)22-10-8-20(29)9-11-22/h3-4,6-15H,1,5,16H2,2H3,(H,31,33,35)/b23-14+. The predicted octanol–water partition coefficient (Wildman–Crippen LogP) is 6.09. The molecule has 0 unspecified atom stereocenters. The lowest BCUT2D eigenvalue weighted by molar-refractivity contribution is -0.122. The minimum absolute atomic E-state index is 0.193. The number of allylic oxidation sites excluding steroid dienone is 1. The van der Waals surface area contributed by atoms with Gasteiger partial charge in [-0.05, 0) is 72.2 Å². The van der Waals surface area contributed by atoms with Gasteiger partial charge in [0.2, 0.25) is 0 Å². The predicted molar refractivity (Wildman–Crippen MR) is 146 cm³/mol. The molecule has 0 aliphatic carbocycles. The van der Waals surface area contributed by atoms with Crippen LogP contribution in [0.3, 0.4) is 0 Å². The van der Waals surface area contributed by atoms with E-state index in [9.17, 15) is 14.4 Å². The van der Waals surface area contributed by atoms with Crippen LogP contribution in [0.1, 0.15) is 16.7 Å². The summed E-state index contributed by atoms with van der Waals surface area (Å²) in [4.78, 5) is 39.3. The quantitative estimate of drug-likeness (QED) is 0.198. The van der Waals surface area contributed by atoms with Crippen molar-refractivity contribution in [2.24, 2.45) is 0 Å². The van der Waals surface area contributed by atoms with E-state index in [0.717, 1.165) is 20.5 Å². The van der Waals surface area contributed by atoms with Gasteiger partial charge < -0.3 is 9.47 Å². The molecular weight excluding hydrogens is 560 g/mol. The van der Waals surface area contributed by atoms with Crippen LogP contribution in [-0.2, 0) is 22.6 Å². The van der Waals surface area contributed by atoms with Crippen LogP contribution < -0.4 is 19.7 Å². The third-order valence-electron chi connectivity index (χ3n) is 5.51. The molecule has 4 rings (SSSR count). The summed E-state index contributed by atoms with van der Waals surface area (Å²) in [5, 5.41) is 2.83. The van der Waals surface area contributed by atoms with Gasteiger partial charge in [0.05, 0.1) is 12.8 Å². The minimum atomic E-state index is -0.816. The fraction of sp³-hybridized carbons (Fsp3) is 0.107. The monoisotopic (exact) mass is 580 g/mol. The smallest absolute Gasteiger partial charge is 0.335 e. The fourth-order valence-corrected chi connectivity index (χ4v) is 4.30. The van der Waals surface area contributed by atoms with E-state index in [4.69, 9.17) is 21.1 Å². The van der Waals surface area contributed by atoms with Crippen molar-refractivity contribution in [3.05, 3.63) is 105 Å². The maximum Gasteiger partial charge on any atom is 0.335 e. The first-order valence-corrected chi connectivity index (χ1v) is 12.3. The number of nitrogens with one attached hydrogen (secondary N) is 1. The molecule has 1 heterocycles. The molecule has 0 bridgehead atoms. The first-order chi connectivity index (χ1) is 17.8. The second kappa shape index (κ2) is 11.5. The highest BCUT2D eigenvalue weighted by molar-refractivity contribution is 9.10. The Morgan fingerprint density at radius 2 is 1.84 bits per heavy atom. The molecule has 0 spiro atoms. The lowest BCUT2D eigenvalue weighted by Crippen LogP contribution is -2.54. The summed E-state index contributed by atoms with van der Waals surface area (Å²) in [7, 11) is 1.50. The number of anilines is 1. The van der Waals surface area contributed by atoms with Crippen LogP contribution in [0.4, 0.5) is 10.5 Å². The normalized spacial score (nSPS) is 14.5. The molecule has 0 radical (unpaired) electrons. The summed E-state index contributed by atoms with van der Waals surface area (Å²) in [5.41, 5.74) is 2.29. The molecule has 9 heteroatoms. The van der Waals surface area contributed by atoms with Crippen LogP contribution in [0.2, 0.25) is 5.02 Å². The highest BCUT2D eigenvalue weighted by Crippen LogP contribution is 2.35. The Bertz CT molecular complexity index is 1420. The number of amides is 4. The van der Waals surface area contributed by atoms with Crippen molar-refractivity contribution in [1.29, 1.82) is 0 Å². The van der Waals surface area contributed by atoms with Gasteiger partial charge in [0, 0.05) is 15.1 Å². The van der Waals surface area contributed by atoms with Gasteiger partial charge in [-0.15, -0.1) is 6.58 Å². The van der Waals surface area contributed by atoms with Gasteiger partial charge in [-0.3, -0.25) is 14.9 Å². The fourth-order valence-electron chi connectivity index (χ4n) is 3.82. The number of methoxy groups -OCH3 is 1. The Morgan fingerprint density at radius 3 is 2.51 bits per heavy atom. The molecule has 1 aliphatic rings. The Balaban J connectivity index is 1.69. The molecule has 0 aromatic heterocycles. The number of carbonyl (C=O) groups excluding carboxylic acids is 3. The third kappa shape index (κ3) is 5.93. The van der Waals surface area contributed by atoms with Crippen molar-refractivity contribution in [1.82, 2.24) is 5.32 Å². The minimum Gasteiger partial charge on any atom is -0.493 e. The summed E-state index contributed by atoms with van der Waals surface area (Å²) in [6, 6.07) is 16.6. The first kappa shape index (κ1) is 26.2. The summed E-state index contributed by atoms with van der Waals surface area (Å²) >= 11 is 9.41. The van der Waals surface area contributed by atoms with Crippen LogP contribution >= 0.6 is 27.5 Å². The van der Waals surface area contributed by atoms with E-state index in [-0.39, 0.29) is 12.2 Å². The van der Waals surface area contributed by atoms with E-state index < -0.39 is 17.8 Å². The largest absolute Gasteiger partial charge is 0.493 e. The van der Waals surface area contributed by atoms with E-state index in [1.807, 2.05) is 18.2 Å². The van der Waals surface area contributed by atoms with Crippen molar-refractivity contribution < 1.29 is 23.9 Å². The Morgan fingerprint density at radius 1 is 1.08 bits per heavy atom. The topological polar surface area (TPSA) is 84.9 Å². The van der Waals surface area contributed by atoms with Gasteiger partial charge in [-0.2, -0.15) is 0 Å². The van der Waals surface area contributed by atoms with Crippen molar-refractivity contribution in [3.8, 4) is 11.5 Å². The zero-order chi connectivity index (χ0) is 26.5. The van der Waals surface area contributed by atoms with Crippen LogP contribution in [0.15, 0.2) is 83.4 Å². The first-order valence-electron chi connectivity index (χ1n) is 11.2. The Kier molecular flexibility index (Phi) is 8.11. The number of halogens is 2. The van der Waals surface area contributed by atoms with Gasteiger partial charge in [0.15, 0.2) is 11.5 Å². The van der Waals surface area contributed by atoms with E-state index in [2.05, 4.69) is 27.8 Å². The average molecular weight is 582 g/mol. The molecule has 37 heavy (non-hydrogen) atoms. The summed E-state index contributed by atoms with van der Waals surface area (Å²) < 4.78 is 12.4. The summed E-state index contributed by atoms with van der Waals surface area (Å²) in [6.45, 7) is 4.07. The molecule has 3 aromatic carbocycles. The SMILES string of the molecule is C=CCc1cc(/C=C2\C(=O)NC(=O)N(c3ccc(Br)cc3)C2=O)cc(OC)c1OCc1cccc(Cl)c1. The maximum atomic E-state index is 13.2. The van der Waals surface area contributed by atoms with Crippen molar-refractivity contribution >= 4 is 57.1 Å². The number of rotatable bonds is 8. The van der Waals surface area contributed by atoms with Gasteiger partial charge in [0.25, 0.3) is 11.8 Å². The van der Waals surface area contributed by atoms with Gasteiger partial charge in [-0.1, -0.05) is 45.7 Å². The van der Waals surface area contributed by atoms with E-state index >= 15 is 0 Å². The number of urea groups is 1. The average Bonchev–Trinajstić information content (AvgIpc) is 2.87. The second-order valence-electron chi connectivity index (χ2n) is 8.06. The number of carbonyl (C=O) groups is 3. The summed E-state index contributed by atoms with van der Waals surface area (Å²) in [5.74, 6) is -0.594. The molecule has 188 valence electrons. The number of benzene rings is 3. The summed E-state index contributed by atoms with van der Waals surface area (Å²) in [6.07, 6.45) is 3.58. The number of ether oxygens (including phenoxy) is 2. The van der Waals surface area contributed by atoms with Crippen LogP contribution in [0, 0.1) is 0 Å². The molecule has 0 atom stereocenters. The van der Waals surface area contributed by atoms with E-state index in [1.165, 1.54) is 13.2 Å². The number of barbiturate groups is 1. The molecular formula is C28H22BrClN2O5. The third-order valence-corrected chi connectivity index (χ3v) is 6.27. The molecule has 3 aromatic rings. The molecule has 1 N–H and O–H groups in total. The molecule has 7 nitrogen and oxygen atoms in total. The zero-order valence-electron chi connectivity index (χ0n) is 19.8. The highest BCUT2D eigenvalue weighted by Gasteiger charge is 2.36. The molecule has 1 fully saturated rings. The number of imide groups is 2.